The molecule has 192 valence electrons. The number of carboxylic acid groups (broad SMARTS) is 1. The van der Waals surface area contributed by atoms with Crippen molar-refractivity contribution in [2.75, 3.05) is 11.9 Å². The van der Waals surface area contributed by atoms with Gasteiger partial charge in [0.25, 0.3) is 0 Å². The molecule has 1 aliphatic rings. The number of pyridine rings is 1. The van der Waals surface area contributed by atoms with Crippen molar-refractivity contribution in [2.24, 2.45) is 0 Å². The zero-order chi connectivity index (χ0) is 26.6. The first-order valence-electron chi connectivity index (χ1n) is 11.9. The van der Waals surface area contributed by atoms with Crippen molar-refractivity contribution < 1.29 is 23.5 Å². The van der Waals surface area contributed by atoms with Gasteiger partial charge in [0.1, 0.15) is 23.4 Å². The molecule has 0 aliphatic carbocycles. The normalized spacial score (nSPS) is 16.8. The van der Waals surface area contributed by atoms with E-state index in [1.807, 2.05) is 35.2 Å². The molecule has 1 amide bonds. The number of halogens is 1. The van der Waals surface area contributed by atoms with Crippen LogP contribution in [0.15, 0.2) is 89.5 Å². The number of carbonyl (C=O) groups is 2. The zero-order valence-electron chi connectivity index (χ0n) is 20.0. The predicted molar refractivity (Wildman–Crippen MR) is 143 cm³/mol. The van der Waals surface area contributed by atoms with Crippen LogP contribution in [0.25, 0.3) is 11.3 Å². The van der Waals surface area contributed by atoms with Gasteiger partial charge in [-0.2, -0.15) is 0 Å². The number of aromatic carboxylic acids is 1. The number of hydrogen-bond donors (Lipinski definition) is 3. The standard InChI is InChI=1S/C28H23FN4O4S/c29-19-8-10-20(11-9-19)31-24(34)14-16-33-26(25(32-28(33)38)21-3-1-2-15-30-21)23-13-12-22(37-23)17-4-6-18(7-5-17)27(35)36/h1-13,15,25-26H,14,16H2,(H,31,34)(H,32,38)(H,35,36)/t25-,26-/m1/s1. The molecule has 1 saturated heterocycles. The Labute approximate surface area is 223 Å². The van der Waals surface area contributed by atoms with Gasteiger partial charge in [-0.25, -0.2) is 9.18 Å². The summed E-state index contributed by atoms with van der Waals surface area (Å²) >= 11 is 5.65. The maximum Gasteiger partial charge on any atom is 0.335 e. The second-order valence-corrected chi connectivity index (χ2v) is 9.10. The van der Waals surface area contributed by atoms with Gasteiger partial charge in [0.05, 0.1) is 17.3 Å². The van der Waals surface area contributed by atoms with Crippen molar-refractivity contribution in [3.05, 3.63) is 108 Å². The summed E-state index contributed by atoms with van der Waals surface area (Å²) in [5.74, 6) is -0.430. The molecule has 38 heavy (non-hydrogen) atoms. The van der Waals surface area contributed by atoms with Crippen LogP contribution in [-0.4, -0.2) is 38.5 Å². The maximum atomic E-state index is 13.2. The smallest absolute Gasteiger partial charge is 0.335 e. The van der Waals surface area contributed by atoms with Gasteiger partial charge in [-0.05, 0) is 72.9 Å². The first-order valence-corrected chi connectivity index (χ1v) is 12.3. The number of nitrogens with one attached hydrogen (secondary N) is 2. The molecule has 8 nitrogen and oxygen atoms in total. The Morgan fingerprint density at radius 1 is 1.05 bits per heavy atom. The van der Waals surface area contributed by atoms with Crippen LogP contribution in [-0.2, 0) is 4.79 Å². The van der Waals surface area contributed by atoms with E-state index in [2.05, 4.69) is 15.6 Å². The summed E-state index contributed by atoms with van der Waals surface area (Å²) in [5.41, 5.74) is 2.19. The lowest BCUT2D eigenvalue weighted by atomic mass is 10.0. The van der Waals surface area contributed by atoms with Gasteiger partial charge in [-0.15, -0.1) is 0 Å². The molecule has 0 unspecified atom stereocenters. The number of carboxylic acids is 1. The minimum absolute atomic E-state index is 0.134. The number of aromatic nitrogens is 1. The Hall–Kier alpha value is -4.57. The molecule has 10 heteroatoms. The van der Waals surface area contributed by atoms with E-state index in [0.29, 0.717) is 28.9 Å². The zero-order valence-corrected chi connectivity index (χ0v) is 20.8. The van der Waals surface area contributed by atoms with Crippen LogP contribution < -0.4 is 10.6 Å². The number of anilines is 1. The Kier molecular flexibility index (Phi) is 7.14. The van der Waals surface area contributed by atoms with E-state index in [9.17, 15) is 19.1 Å². The topological polar surface area (TPSA) is 108 Å². The van der Waals surface area contributed by atoms with Crippen LogP contribution in [0.3, 0.4) is 0 Å². The second kappa shape index (κ2) is 10.8. The monoisotopic (exact) mass is 530 g/mol. The molecule has 5 rings (SSSR count). The summed E-state index contributed by atoms with van der Waals surface area (Å²) in [7, 11) is 0. The summed E-state index contributed by atoms with van der Waals surface area (Å²) in [6.45, 7) is 0.302. The van der Waals surface area contributed by atoms with E-state index >= 15 is 0 Å². The van der Waals surface area contributed by atoms with Crippen LogP contribution in [0, 0.1) is 5.82 Å². The van der Waals surface area contributed by atoms with Crippen LogP contribution in [0.2, 0.25) is 0 Å². The Morgan fingerprint density at radius 2 is 1.82 bits per heavy atom. The molecule has 2 atom stereocenters. The van der Waals surface area contributed by atoms with Crippen molar-refractivity contribution >= 4 is 34.9 Å². The Bertz CT molecular complexity index is 1460. The molecular weight excluding hydrogens is 507 g/mol. The average molecular weight is 531 g/mol. The molecule has 0 bridgehead atoms. The highest BCUT2D eigenvalue weighted by Gasteiger charge is 2.41. The predicted octanol–water partition coefficient (Wildman–Crippen LogP) is 5.18. The van der Waals surface area contributed by atoms with Crippen LogP contribution in [0.4, 0.5) is 10.1 Å². The SMILES string of the molecule is O=C(CCN1C(=S)N[C@H](c2ccccn2)[C@H]1c1ccc(-c2ccc(C(=O)O)cc2)o1)Nc1ccc(F)cc1. The minimum Gasteiger partial charge on any atom is -0.478 e. The Morgan fingerprint density at radius 3 is 2.50 bits per heavy atom. The number of carbonyl (C=O) groups excluding carboxylic acids is 1. The number of nitrogens with zero attached hydrogens (tertiary/aromatic N) is 2. The molecule has 3 heterocycles. The summed E-state index contributed by atoms with van der Waals surface area (Å²) < 4.78 is 19.4. The molecule has 3 N–H and O–H groups in total. The van der Waals surface area contributed by atoms with E-state index in [1.54, 1.807) is 18.3 Å². The van der Waals surface area contributed by atoms with Gasteiger partial charge in [0.15, 0.2) is 5.11 Å². The fourth-order valence-electron chi connectivity index (χ4n) is 4.38. The molecule has 0 saturated carbocycles. The van der Waals surface area contributed by atoms with Crippen molar-refractivity contribution in [2.45, 2.75) is 18.5 Å². The molecule has 2 aromatic carbocycles. The molecule has 2 aromatic heterocycles. The van der Waals surface area contributed by atoms with Gasteiger partial charge in [0, 0.05) is 30.4 Å². The third-order valence-electron chi connectivity index (χ3n) is 6.24. The summed E-state index contributed by atoms with van der Waals surface area (Å²) in [5, 5.41) is 15.7. The summed E-state index contributed by atoms with van der Waals surface area (Å²) in [4.78, 5) is 30.2. The van der Waals surface area contributed by atoms with Crippen LogP contribution >= 0.6 is 12.2 Å². The minimum atomic E-state index is -1.00. The number of benzene rings is 2. The lowest BCUT2D eigenvalue weighted by Crippen LogP contribution is -2.32. The van der Waals surface area contributed by atoms with Gasteiger partial charge in [0.2, 0.25) is 5.91 Å². The molecule has 1 aliphatic heterocycles. The average Bonchev–Trinajstić information content (AvgIpc) is 3.54. The van der Waals surface area contributed by atoms with Gasteiger partial charge in [-0.1, -0.05) is 18.2 Å². The molecule has 0 spiro atoms. The summed E-state index contributed by atoms with van der Waals surface area (Å²) in [6.07, 6.45) is 1.84. The lowest BCUT2D eigenvalue weighted by Gasteiger charge is -2.25. The van der Waals surface area contributed by atoms with Gasteiger partial charge < -0.3 is 25.1 Å². The van der Waals surface area contributed by atoms with Gasteiger partial charge in [-0.3, -0.25) is 9.78 Å². The quantitative estimate of drug-likeness (QED) is 0.268. The highest BCUT2D eigenvalue weighted by molar-refractivity contribution is 7.80. The van der Waals surface area contributed by atoms with Crippen molar-refractivity contribution in [1.29, 1.82) is 0 Å². The van der Waals surface area contributed by atoms with Crippen LogP contribution in [0.5, 0.6) is 0 Å². The van der Waals surface area contributed by atoms with Crippen LogP contribution in [0.1, 0.15) is 40.3 Å². The largest absolute Gasteiger partial charge is 0.478 e. The number of thiocarbonyl (C=S) groups is 1. The molecule has 0 radical (unpaired) electrons. The third-order valence-corrected chi connectivity index (χ3v) is 6.59. The maximum absolute atomic E-state index is 13.2. The highest BCUT2D eigenvalue weighted by Crippen LogP contribution is 2.40. The van der Waals surface area contributed by atoms with E-state index in [4.69, 9.17) is 16.6 Å². The number of furan rings is 1. The number of rotatable bonds is 8. The first kappa shape index (κ1) is 25.1. The summed E-state index contributed by atoms with van der Waals surface area (Å²) in [6, 6.07) is 20.6. The van der Waals surface area contributed by atoms with Crippen molar-refractivity contribution in [3.8, 4) is 11.3 Å². The number of hydrogen-bond acceptors (Lipinski definition) is 5. The first-order chi connectivity index (χ1) is 18.4. The lowest BCUT2D eigenvalue weighted by molar-refractivity contribution is -0.116. The number of amides is 1. The molecule has 1 fully saturated rings. The van der Waals surface area contributed by atoms with E-state index < -0.39 is 5.97 Å². The third kappa shape index (κ3) is 5.40. The van der Waals surface area contributed by atoms with E-state index in [-0.39, 0.29) is 35.8 Å². The van der Waals surface area contributed by atoms with Crippen molar-refractivity contribution in [1.82, 2.24) is 15.2 Å². The molecular formula is C28H23FN4O4S. The van der Waals surface area contributed by atoms with Crippen molar-refractivity contribution in [3.63, 3.8) is 0 Å². The highest BCUT2D eigenvalue weighted by atomic mass is 32.1. The Balaban J connectivity index is 1.38. The van der Waals surface area contributed by atoms with Gasteiger partial charge >= 0.3 is 5.97 Å². The molecule has 4 aromatic rings. The second-order valence-electron chi connectivity index (χ2n) is 8.71. The fraction of sp³-hybridized carbons (Fsp3) is 0.143. The van der Waals surface area contributed by atoms with E-state index in [0.717, 1.165) is 11.3 Å². The fourth-order valence-corrected chi connectivity index (χ4v) is 4.71. The van der Waals surface area contributed by atoms with E-state index in [1.165, 1.54) is 36.4 Å².